The van der Waals surface area contributed by atoms with Crippen molar-refractivity contribution in [3.8, 4) is 5.69 Å². The van der Waals surface area contributed by atoms with Crippen molar-refractivity contribution in [2.24, 2.45) is 0 Å². The predicted molar refractivity (Wildman–Crippen MR) is 71.5 cm³/mol. The highest BCUT2D eigenvalue weighted by Crippen LogP contribution is 2.28. The second-order valence-electron chi connectivity index (χ2n) is 4.39. The molecule has 1 aliphatic heterocycles. The van der Waals surface area contributed by atoms with E-state index in [4.69, 9.17) is 4.74 Å². The van der Waals surface area contributed by atoms with E-state index in [1.807, 2.05) is 0 Å². The minimum absolute atomic E-state index is 0.0177. The molecule has 2 heterocycles. The molecule has 2 aromatic rings. The number of ether oxygens (including phenoxy) is 1. The lowest BCUT2D eigenvalue weighted by Gasteiger charge is -2.15. The maximum absolute atomic E-state index is 13.2. The Balaban J connectivity index is 2.21. The zero-order valence-electron chi connectivity index (χ0n) is 10.3. The highest BCUT2D eigenvalue weighted by Gasteiger charge is 2.26. The summed E-state index contributed by atoms with van der Waals surface area (Å²) in [4.78, 5) is 11.3. The van der Waals surface area contributed by atoms with Crippen molar-refractivity contribution in [3.05, 3.63) is 45.4 Å². The van der Waals surface area contributed by atoms with Crippen LogP contribution in [0.5, 0.6) is 0 Å². The Kier molecular flexibility index (Phi) is 3.31. The van der Waals surface area contributed by atoms with Gasteiger partial charge in [-0.1, -0.05) is 0 Å². The molecule has 7 heteroatoms. The van der Waals surface area contributed by atoms with Crippen LogP contribution in [0.1, 0.15) is 21.7 Å². The molecule has 0 bridgehead atoms. The molecule has 0 radical (unpaired) electrons. The Morgan fingerprint density at radius 2 is 2.30 bits per heavy atom. The lowest BCUT2D eigenvalue weighted by atomic mass is 10.1. The Morgan fingerprint density at radius 1 is 1.50 bits per heavy atom. The Hall–Kier alpha value is -1.73. The number of rotatable bonds is 2. The second-order valence-corrected chi connectivity index (χ2v) is 5.24. The average Bonchev–Trinajstić information content (AvgIpc) is 2.78. The highest BCUT2D eigenvalue weighted by atomic mass is 79.9. The molecule has 0 atom stereocenters. The number of nitrogens with zero attached hydrogens (tertiary/aromatic N) is 2. The van der Waals surface area contributed by atoms with Crippen LogP contribution in [-0.4, -0.2) is 27.5 Å². The number of carbonyl (C=O) groups is 1. The van der Waals surface area contributed by atoms with Gasteiger partial charge >= 0.3 is 5.97 Å². The van der Waals surface area contributed by atoms with Crippen LogP contribution in [-0.2, 0) is 17.8 Å². The molecule has 1 N–H and O–H groups in total. The van der Waals surface area contributed by atoms with E-state index in [0.717, 1.165) is 5.69 Å². The molecule has 0 spiro atoms. The standard InChI is InChI=1S/C13H10BrFN2O3/c14-9-5-7(15)1-2-11(9)17-10-3-4-20-6-8(10)12(16-17)13(18)19/h1-2,5H,3-4,6H2,(H,18,19). The first-order chi connectivity index (χ1) is 9.58. The first-order valence-corrected chi connectivity index (χ1v) is 6.74. The quantitative estimate of drug-likeness (QED) is 0.912. The van der Waals surface area contributed by atoms with Crippen molar-refractivity contribution in [2.45, 2.75) is 13.0 Å². The van der Waals surface area contributed by atoms with Crippen molar-refractivity contribution >= 4 is 21.9 Å². The van der Waals surface area contributed by atoms with Crippen LogP contribution in [0.15, 0.2) is 22.7 Å². The van der Waals surface area contributed by atoms with Gasteiger partial charge < -0.3 is 9.84 Å². The molecule has 20 heavy (non-hydrogen) atoms. The summed E-state index contributed by atoms with van der Waals surface area (Å²) in [7, 11) is 0. The largest absolute Gasteiger partial charge is 0.476 e. The van der Waals surface area contributed by atoms with E-state index in [0.29, 0.717) is 28.8 Å². The van der Waals surface area contributed by atoms with Gasteiger partial charge in [-0.3, -0.25) is 0 Å². The Labute approximate surface area is 122 Å². The molecule has 1 aliphatic rings. The van der Waals surface area contributed by atoms with E-state index >= 15 is 0 Å². The van der Waals surface area contributed by atoms with Gasteiger partial charge in [0, 0.05) is 16.5 Å². The molecule has 3 rings (SSSR count). The van der Waals surface area contributed by atoms with Crippen LogP contribution in [0.4, 0.5) is 4.39 Å². The smallest absolute Gasteiger partial charge is 0.356 e. The number of carboxylic acid groups (broad SMARTS) is 1. The van der Waals surface area contributed by atoms with Crippen molar-refractivity contribution in [3.63, 3.8) is 0 Å². The van der Waals surface area contributed by atoms with Gasteiger partial charge in [0.1, 0.15) is 5.82 Å². The van der Waals surface area contributed by atoms with E-state index in [2.05, 4.69) is 21.0 Å². The van der Waals surface area contributed by atoms with Crippen molar-refractivity contribution in [1.82, 2.24) is 9.78 Å². The van der Waals surface area contributed by atoms with E-state index in [-0.39, 0.29) is 18.1 Å². The number of benzene rings is 1. The maximum atomic E-state index is 13.2. The van der Waals surface area contributed by atoms with Crippen LogP contribution >= 0.6 is 15.9 Å². The van der Waals surface area contributed by atoms with Gasteiger partial charge in [-0.25, -0.2) is 13.9 Å². The second kappa shape index (κ2) is 4.99. The normalized spacial score (nSPS) is 14.1. The zero-order chi connectivity index (χ0) is 14.3. The minimum Gasteiger partial charge on any atom is -0.476 e. The van der Waals surface area contributed by atoms with E-state index in [1.54, 1.807) is 10.7 Å². The Morgan fingerprint density at radius 3 is 3.00 bits per heavy atom. The summed E-state index contributed by atoms with van der Waals surface area (Å²) in [5.74, 6) is -1.47. The lowest BCUT2D eigenvalue weighted by Crippen LogP contribution is -2.14. The fraction of sp³-hybridized carbons (Fsp3) is 0.231. The van der Waals surface area contributed by atoms with Crippen molar-refractivity contribution in [1.29, 1.82) is 0 Å². The number of aromatic nitrogens is 2. The van der Waals surface area contributed by atoms with Crippen LogP contribution in [0.3, 0.4) is 0 Å². The fourth-order valence-electron chi connectivity index (χ4n) is 2.26. The summed E-state index contributed by atoms with van der Waals surface area (Å²) in [6, 6.07) is 4.20. The third kappa shape index (κ3) is 2.12. The van der Waals surface area contributed by atoms with Gasteiger partial charge in [0.15, 0.2) is 5.69 Å². The molecule has 0 saturated carbocycles. The number of halogens is 2. The number of fused-ring (bicyclic) bond motifs is 1. The summed E-state index contributed by atoms with van der Waals surface area (Å²) in [5.41, 5.74) is 1.97. The van der Waals surface area contributed by atoms with Gasteiger partial charge in [0.2, 0.25) is 0 Å². The fourth-order valence-corrected chi connectivity index (χ4v) is 2.78. The zero-order valence-corrected chi connectivity index (χ0v) is 11.9. The number of aromatic carboxylic acids is 1. The maximum Gasteiger partial charge on any atom is 0.356 e. The summed E-state index contributed by atoms with van der Waals surface area (Å²) < 4.78 is 20.5. The molecule has 1 aromatic heterocycles. The van der Waals surface area contributed by atoms with Crippen LogP contribution in [0.2, 0.25) is 0 Å². The molecule has 5 nitrogen and oxygen atoms in total. The average molecular weight is 341 g/mol. The molecule has 0 amide bonds. The number of hydrogen-bond donors (Lipinski definition) is 1. The van der Waals surface area contributed by atoms with Gasteiger partial charge in [-0.15, -0.1) is 0 Å². The number of hydrogen-bond acceptors (Lipinski definition) is 3. The van der Waals surface area contributed by atoms with E-state index in [9.17, 15) is 14.3 Å². The van der Waals surface area contributed by atoms with E-state index in [1.165, 1.54) is 12.1 Å². The molecule has 1 aromatic carbocycles. The van der Waals surface area contributed by atoms with Crippen molar-refractivity contribution < 1.29 is 19.0 Å². The summed E-state index contributed by atoms with van der Waals surface area (Å²) in [6.45, 7) is 0.742. The molecule has 0 unspecified atom stereocenters. The Bertz CT molecular complexity index is 699. The minimum atomic E-state index is -1.09. The monoisotopic (exact) mass is 340 g/mol. The molecule has 0 saturated heterocycles. The summed E-state index contributed by atoms with van der Waals surface area (Å²) in [6.07, 6.45) is 0.569. The molecular formula is C13H10BrFN2O3. The predicted octanol–water partition coefficient (Wildman–Crippen LogP) is 2.54. The third-order valence-electron chi connectivity index (χ3n) is 3.16. The first kappa shape index (κ1) is 13.3. The third-order valence-corrected chi connectivity index (χ3v) is 3.80. The van der Waals surface area contributed by atoms with Gasteiger partial charge in [0.05, 0.1) is 24.6 Å². The van der Waals surface area contributed by atoms with Crippen LogP contribution < -0.4 is 0 Å². The van der Waals surface area contributed by atoms with Gasteiger partial charge in [-0.2, -0.15) is 5.10 Å². The SMILES string of the molecule is O=C(O)c1nn(-c2ccc(F)cc2Br)c2c1COCC2. The molecular weight excluding hydrogens is 331 g/mol. The topological polar surface area (TPSA) is 64.3 Å². The van der Waals surface area contributed by atoms with Crippen LogP contribution in [0, 0.1) is 5.82 Å². The molecule has 104 valence electrons. The summed E-state index contributed by atoms with van der Waals surface area (Å²) in [5, 5.41) is 13.3. The van der Waals surface area contributed by atoms with E-state index < -0.39 is 5.97 Å². The molecule has 0 aliphatic carbocycles. The first-order valence-electron chi connectivity index (χ1n) is 5.95. The summed E-state index contributed by atoms with van der Waals surface area (Å²) >= 11 is 3.28. The van der Waals surface area contributed by atoms with Gasteiger partial charge in [0.25, 0.3) is 0 Å². The molecule has 0 fully saturated rings. The van der Waals surface area contributed by atoms with Crippen LogP contribution in [0.25, 0.3) is 5.69 Å². The van der Waals surface area contributed by atoms with Crippen molar-refractivity contribution in [2.75, 3.05) is 6.61 Å². The highest BCUT2D eigenvalue weighted by molar-refractivity contribution is 9.10. The lowest BCUT2D eigenvalue weighted by molar-refractivity contribution is 0.0677. The number of carboxylic acids is 1. The van der Waals surface area contributed by atoms with Gasteiger partial charge in [-0.05, 0) is 34.1 Å².